The van der Waals surface area contributed by atoms with Crippen molar-refractivity contribution in [1.82, 2.24) is 4.90 Å². The molecule has 0 saturated carbocycles. The van der Waals surface area contributed by atoms with E-state index < -0.39 is 0 Å². The zero-order chi connectivity index (χ0) is 22.7. The molecule has 5 nitrogen and oxygen atoms in total. The van der Waals surface area contributed by atoms with Crippen LogP contribution >= 0.6 is 0 Å². The minimum absolute atomic E-state index is 0.122. The summed E-state index contributed by atoms with van der Waals surface area (Å²) in [5.41, 5.74) is 5.32. The minimum atomic E-state index is -0.237. The Labute approximate surface area is 182 Å². The van der Waals surface area contributed by atoms with Gasteiger partial charge in [-0.15, -0.1) is 0 Å². The number of nitrogens with two attached hydrogens (primary N) is 1. The molecule has 0 aliphatic carbocycles. The Morgan fingerprint density at radius 3 is 2.03 bits per heavy atom. The summed E-state index contributed by atoms with van der Waals surface area (Å²) in [6.07, 6.45) is 3.57. The van der Waals surface area contributed by atoms with Crippen LogP contribution in [0.15, 0.2) is 0 Å². The van der Waals surface area contributed by atoms with Gasteiger partial charge in [0.25, 0.3) is 0 Å². The second-order valence-corrected chi connectivity index (χ2v) is 10.1. The second kappa shape index (κ2) is 14.0. The fraction of sp³-hybridized carbons (Fsp3) is 1.00. The minimum Gasteiger partial charge on any atom is -0.379 e. The maximum absolute atomic E-state index is 6.47. The predicted molar refractivity (Wildman–Crippen MR) is 125 cm³/mol. The van der Waals surface area contributed by atoms with E-state index in [0.717, 1.165) is 45.5 Å². The molecular weight excluding hydrogens is 364 g/mol. The molecule has 0 heterocycles. The molecule has 3 unspecified atom stereocenters. The number of rotatable bonds is 17. The molecule has 0 fully saturated rings. The zero-order valence-corrected chi connectivity index (χ0v) is 21.2. The third-order valence-corrected chi connectivity index (χ3v) is 5.49. The van der Waals surface area contributed by atoms with E-state index in [4.69, 9.17) is 19.9 Å². The first-order valence-electron chi connectivity index (χ1n) is 11.7. The first-order chi connectivity index (χ1) is 13.3. The summed E-state index contributed by atoms with van der Waals surface area (Å²) >= 11 is 0. The molecule has 0 saturated heterocycles. The third kappa shape index (κ3) is 13.7. The highest BCUT2D eigenvalue weighted by atomic mass is 16.5. The monoisotopic (exact) mass is 416 g/mol. The van der Waals surface area contributed by atoms with Crippen LogP contribution < -0.4 is 5.73 Å². The van der Waals surface area contributed by atoms with Gasteiger partial charge in [0.15, 0.2) is 0 Å². The van der Waals surface area contributed by atoms with E-state index in [-0.39, 0.29) is 29.5 Å². The second-order valence-electron chi connectivity index (χ2n) is 10.1. The summed E-state index contributed by atoms with van der Waals surface area (Å²) in [4.78, 5) is 2.39. The largest absolute Gasteiger partial charge is 0.379 e. The molecule has 29 heavy (non-hydrogen) atoms. The van der Waals surface area contributed by atoms with Gasteiger partial charge in [-0.25, -0.2) is 0 Å². The van der Waals surface area contributed by atoms with E-state index in [1.165, 1.54) is 0 Å². The Morgan fingerprint density at radius 1 is 0.897 bits per heavy atom. The SMILES string of the molecule is CCCN(CCN)CC(C)OC(C)(C)CC(C)OC(C)(C)C(C)CCOC(C)C. The van der Waals surface area contributed by atoms with Gasteiger partial charge in [-0.2, -0.15) is 0 Å². The number of ether oxygens (including phenoxy) is 3. The molecular formula is C24H52N2O3. The molecule has 0 aliphatic rings. The van der Waals surface area contributed by atoms with Crippen LogP contribution in [0.4, 0.5) is 0 Å². The molecule has 3 atom stereocenters. The van der Waals surface area contributed by atoms with Crippen molar-refractivity contribution < 1.29 is 14.2 Å². The Hall–Kier alpha value is -0.200. The van der Waals surface area contributed by atoms with E-state index in [1.54, 1.807) is 0 Å². The third-order valence-electron chi connectivity index (χ3n) is 5.49. The summed E-state index contributed by atoms with van der Waals surface area (Å²) in [7, 11) is 0. The van der Waals surface area contributed by atoms with Crippen molar-refractivity contribution in [1.29, 1.82) is 0 Å². The summed E-state index contributed by atoms with van der Waals surface area (Å²) in [5.74, 6) is 0.422. The van der Waals surface area contributed by atoms with Crippen molar-refractivity contribution in [2.75, 3.05) is 32.8 Å². The van der Waals surface area contributed by atoms with Crippen LogP contribution in [-0.4, -0.2) is 67.2 Å². The lowest BCUT2D eigenvalue weighted by atomic mass is 9.89. The summed E-state index contributed by atoms with van der Waals surface area (Å²) in [6.45, 7) is 26.0. The van der Waals surface area contributed by atoms with Crippen LogP contribution in [0, 0.1) is 5.92 Å². The summed E-state index contributed by atoms with van der Waals surface area (Å²) in [6, 6.07) is 0. The smallest absolute Gasteiger partial charge is 0.0681 e. The van der Waals surface area contributed by atoms with Crippen LogP contribution in [0.3, 0.4) is 0 Å². The van der Waals surface area contributed by atoms with Crippen LogP contribution in [0.25, 0.3) is 0 Å². The van der Waals surface area contributed by atoms with E-state index in [2.05, 4.69) is 74.1 Å². The topological polar surface area (TPSA) is 57.0 Å². The quantitative estimate of drug-likeness (QED) is 0.367. The normalized spacial score (nSPS) is 16.4. The van der Waals surface area contributed by atoms with Crippen molar-refractivity contribution in [3.8, 4) is 0 Å². The highest BCUT2D eigenvalue weighted by Crippen LogP contribution is 2.29. The van der Waals surface area contributed by atoms with Crippen LogP contribution in [0.2, 0.25) is 0 Å². The first kappa shape index (κ1) is 28.8. The molecule has 176 valence electrons. The molecule has 0 aromatic carbocycles. The van der Waals surface area contributed by atoms with Crippen LogP contribution in [0.5, 0.6) is 0 Å². The van der Waals surface area contributed by atoms with E-state index >= 15 is 0 Å². The van der Waals surface area contributed by atoms with Gasteiger partial charge < -0.3 is 19.9 Å². The average molecular weight is 417 g/mol. The molecule has 0 aliphatic heterocycles. The van der Waals surface area contributed by atoms with Crippen molar-refractivity contribution >= 4 is 0 Å². The zero-order valence-electron chi connectivity index (χ0n) is 21.2. The molecule has 0 rings (SSSR count). The van der Waals surface area contributed by atoms with E-state index in [1.807, 2.05) is 0 Å². The highest BCUT2D eigenvalue weighted by molar-refractivity contribution is 4.81. The summed E-state index contributed by atoms with van der Waals surface area (Å²) in [5, 5.41) is 0. The van der Waals surface area contributed by atoms with Gasteiger partial charge in [0, 0.05) is 32.7 Å². The summed E-state index contributed by atoms with van der Waals surface area (Å²) < 4.78 is 18.6. The Balaban J connectivity index is 4.57. The van der Waals surface area contributed by atoms with Crippen molar-refractivity contribution in [3.05, 3.63) is 0 Å². The number of nitrogens with zero attached hydrogens (tertiary/aromatic N) is 1. The molecule has 0 radical (unpaired) electrons. The van der Waals surface area contributed by atoms with Crippen LogP contribution in [-0.2, 0) is 14.2 Å². The molecule has 0 aromatic heterocycles. The Morgan fingerprint density at radius 2 is 1.52 bits per heavy atom. The van der Waals surface area contributed by atoms with Gasteiger partial charge in [0.05, 0.1) is 29.5 Å². The first-order valence-corrected chi connectivity index (χ1v) is 11.7. The van der Waals surface area contributed by atoms with Gasteiger partial charge in [-0.3, -0.25) is 4.90 Å². The van der Waals surface area contributed by atoms with Gasteiger partial charge in [-0.05, 0) is 80.7 Å². The lowest BCUT2D eigenvalue weighted by molar-refractivity contribution is -0.142. The highest BCUT2D eigenvalue weighted by Gasteiger charge is 2.32. The fourth-order valence-electron chi connectivity index (χ4n) is 3.98. The van der Waals surface area contributed by atoms with Gasteiger partial charge in [0.2, 0.25) is 0 Å². The van der Waals surface area contributed by atoms with Gasteiger partial charge in [0.1, 0.15) is 0 Å². The van der Waals surface area contributed by atoms with E-state index in [9.17, 15) is 0 Å². The maximum Gasteiger partial charge on any atom is 0.0681 e. The standard InChI is InChI=1S/C24H52N2O3/c1-11-14-26(15-13-25)18-22(6)28-23(7,8)17-21(5)29-24(9,10)20(4)12-16-27-19(2)3/h19-22H,11-18,25H2,1-10H3. The van der Waals surface area contributed by atoms with Crippen molar-refractivity contribution in [2.45, 2.75) is 118 Å². The Kier molecular flexibility index (Phi) is 13.9. The number of hydrogen-bond donors (Lipinski definition) is 1. The lowest BCUT2D eigenvalue weighted by Crippen LogP contribution is -2.43. The molecule has 0 spiro atoms. The van der Waals surface area contributed by atoms with E-state index in [0.29, 0.717) is 12.5 Å². The molecule has 0 aromatic rings. The molecule has 0 bridgehead atoms. The lowest BCUT2D eigenvalue weighted by Gasteiger charge is -2.38. The van der Waals surface area contributed by atoms with Gasteiger partial charge in [-0.1, -0.05) is 13.8 Å². The van der Waals surface area contributed by atoms with Crippen LogP contribution in [0.1, 0.15) is 88.5 Å². The predicted octanol–water partition coefficient (Wildman–Crippen LogP) is 4.87. The molecule has 5 heteroatoms. The Bertz CT molecular complexity index is 407. The van der Waals surface area contributed by atoms with Gasteiger partial charge >= 0.3 is 0 Å². The van der Waals surface area contributed by atoms with Crippen molar-refractivity contribution in [2.24, 2.45) is 11.7 Å². The molecule has 2 N–H and O–H groups in total. The number of hydrogen-bond acceptors (Lipinski definition) is 5. The maximum atomic E-state index is 6.47. The fourth-order valence-corrected chi connectivity index (χ4v) is 3.98. The van der Waals surface area contributed by atoms with Crippen molar-refractivity contribution in [3.63, 3.8) is 0 Å². The average Bonchev–Trinajstić information content (AvgIpc) is 2.52. The molecule has 0 amide bonds.